The summed E-state index contributed by atoms with van der Waals surface area (Å²) in [6, 6.07) is 1.20. The van der Waals surface area contributed by atoms with Crippen molar-refractivity contribution in [1.82, 2.24) is 9.80 Å². The third-order valence-corrected chi connectivity index (χ3v) is 5.36. The van der Waals surface area contributed by atoms with Gasteiger partial charge in [0.1, 0.15) is 0 Å². The predicted octanol–water partition coefficient (Wildman–Crippen LogP) is 0.825. The predicted molar refractivity (Wildman–Crippen MR) is 80.2 cm³/mol. The summed E-state index contributed by atoms with van der Waals surface area (Å²) in [5, 5.41) is 1.93. The minimum Gasteiger partial charge on any atom is -0.467 e. The number of carbonyl (C=O) groups is 3. The molecule has 3 rings (SSSR count). The highest BCUT2D eigenvalue weighted by Gasteiger charge is 2.42. The molecule has 2 aliphatic rings. The van der Waals surface area contributed by atoms with Gasteiger partial charge >= 0.3 is 5.97 Å². The van der Waals surface area contributed by atoms with Gasteiger partial charge < -0.3 is 14.5 Å². The Kier molecular flexibility index (Phi) is 3.90. The van der Waals surface area contributed by atoms with E-state index in [0.717, 1.165) is 16.9 Å². The average Bonchev–Trinajstić information content (AvgIpc) is 3.11. The van der Waals surface area contributed by atoms with Gasteiger partial charge in [-0.05, 0) is 23.4 Å². The molecular formula is C15H18N2O4S. The number of fused-ring (bicyclic) bond motifs is 1. The van der Waals surface area contributed by atoms with Crippen molar-refractivity contribution in [2.75, 3.05) is 27.2 Å². The Labute approximate surface area is 132 Å². The number of ether oxygens (including phenoxy) is 1. The second-order valence-corrected chi connectivity index (χ2v) is 6.68. The van der Waals surface area contributed by atoms with Crippen molar-refractivity contribution < 1.29 is 19.1 Å². The normalized spacial score (nSPS) is 24.4. The first kappa shape index (κ1) is 15.0. The van der Waals surface area contributed by atoms with Crippen molar-refractivity contribution in [3.63, 3.8) is 0 Å². The van der Waals surface area contributed by atoms with E-state index in [1.807, 2.05) is 11.4 Å². The fourth-order valence-electron chi connectivity index (χ4n) is 3.18. The Morgan fingerprint density at radius 3 is 2.82 bits per heavy atom. The molecule has 0 bridgehead atoms. The monoisotopic (exact) mass is 322 g/mol. The Balaban J connectivity index is 1.87. The van der Waals surface area contributed by atoms with E-state index in [9.17, 15) is 14.4 Å². The number of hydrogen-bond acceptors (Lipinski definition) is 5. The van der Waals surface area contributed by atoms with Gasteiger partial charge in [0.25, 0.3) is 0 Å². The quantitative estimate of drug-likeness (QED) is 0.756. The Bertz CT molecular complexity index is 627. The summed E-state index contributed by atoms with van der Waals surface area (Å²) in [7, 11) is 3.03. The Morgan fingerprint density at radius 2 is 2.18 bits per heavy atom. The third kappa shape index (κ3) is 2.39. The van der Waals surface area contributed by atoms with E-state index in [0.29, 0.717) is 13.1 Å². The number of likely N-dealkylation sites (tertiary alicyclic amines) is 1. The maximum atomic E-state index is 12.8. The molecule has 118 valence electrons. The number of nitrogens with zero attached hydrogens (tertiary/aromatic N) is 2. The van der Waals surface area contributed by atoms with Gasteiger partial charge in [0.05, 0.1) is 13.0 Å². The molecule has 3 heterocycles. The van der Waals surface area contributed by atoms with Crippen LogP contribution in [0.25, 0.3) is 0 Å². The van der Waals surface area contributed by atoms with Crippen molar-refractivity contribution in [1.29, 1.82) is 0 Å². The van der Waals surface area contributed by atoms with Crippen molar-refractivity contribution >= 4 is 29.1 Å². The van der Waals surface area contributed by atoms with Crippen LogP contribution in [0.4, 0.5) is 0 Å². The SMILES string of the molecule is COC(=O)[C@H]1c2ccsc2CCN1C(=O)[C@@H]1CC(=O)N(C)C1. The maximum absolute atomic E-state index is 12.8. The van der Waals surface area contributed by atoms with Gasteiger partial charge in [-0.15, -0.1) is 11.3 Å². The van der Waals surface area contributed by atoms with Crippen molar-refractivity contribution in [2.45, 2.75) is 18.9 Å². The number of carbonyl (C=O) groups excluding carboxylic acids is 3. The van der Waals surface area contributed by atoms with E-state index in [2.05, 4.69) is 0 Å². The molecule has 2 aliphatic heterocycles. The topological polar surface area (TPSA) is 66.9 Å². The summed E-state index contributed by atoms with van der Waals surface area (Å²) in [5.74, 6) is -0.957. The van der Waals surface area contributed by atoms with Crippen LogP contribution in [0.2, 0.25) is 0 Å². The molecule has 0 spiro atoms. The molecule has 22 heavy (non-hydrogen) atoms. The molecule has 1 saturated heterocycles. The molecule has 0 aliphatic carbocycles. The van der Waals surface area contributed by atoms with Gasteiger partial charge in [-0.2, -0.15) is 0 Å². The van der Waals surface area contributed by atoms with E-state index in [1.54, 1.807) is 28.2 Å². The molecule has 1 fully saturated rings. The van der Waals surface area contributed by atoms with E-state index in [1.165, 1.54) is 7.11 Å². The molecule has 2 amide bonds. The van der Waals surface area contributed by atoms with Crippen LogP contribution in [-0.4, -0.2) is 54.8 Å². The zero-order valence-electron chi connectivity index (χ0n) is 12.6. The summed E-state index contributed by atoms with van der Waals surface area (Å²) in [5.41, 5.74) is 0.856. The fraction of sp³-hybridized carbons (Fsp3) is 0.533. The third-order valence-electron chi connectivity index (χ3n) is 4.36. The van der Waals surface area contributed by atoms with Gasteiger partial charge in [0, 0.05) is 31.4 Å². The average molecular weight is 322 g/mol. The highest BCUT2D eigenvalue weighted by molar-refractivity contribution is 7.10. The van der Waals surface area contributed by atoms with Crippen LogP contribution in [0.15, 0.2) is 11.4 Å². The Morgan fingerprint density at radius 1 is 1.41 bits per heavy atom. The number of hydrogen-bond donors (Lipinski definition) is 0. The van der Waals surface area contributed by atoms with Gasteiger partial charge in [0.15, 0.2) is 6.04 Å². The first-order chi connectivity index (χ1) is 10.5. The maximum Gasteiger partial charge on any atom is 0.333 e. The largest absolute Gasteiger partial charge is 0.467 e. The van der Waals surface area contributed by atoms with Crippen LogP contribution >= 0.6 is 11.3 Å². The smallest absolute Gasteiger partial charge is 0.333 e. The molecule has 0 saturated carbocycles. The van der Waals surface area contributed by atoms with E-state index in [-0.39, 0.29) is 24.2 Å². The summed E-state index contributed by atoms with van der Waals surface area (Å²) in [6.07, 6.45) is 0.957. The summed E-state index contributed by atoms with van der Waals surface area (Å²) in [6.45, 7) is 0.902. The van der Waals surface area contributed by atoms with Crippen LogP contribution in [-0.2, 0) is 25.5 Å². The van der Waals surface area contributed by atoms with Crippen LogP contribution < -0.4 is 0 Å². The second-order valence-electron chi connectivity index (χ2n) is 5.68. The first-order valence-electron chi connectivity index (χ1n) is 7.21. The van der Waals surface area contributed by atoms with E-state index >= 15 is 0 Å². The number of amides is 2. The number of thiophene rings is 1. The molecule has 6 nitrogen and oxygen atoms in total. The molecule has 0 N–H and O–H groups in total. The van der Waals surface area contributed by atoms with Gasteiger partial charge in [-0.3, -0.25) is 9.59 Å². The lowest BCUT2D eigenvalue weighted by molar-refractivity contribution is -0.155. The zero-order valence-corrected chi connectivity index (χ0v) is 13.4. The molecule has 0 radical (unpaired) electrons. The van der Waals surface area contributed by atoms with Crippen LogP contribution in [0.3, 0.4) is 0 Å². The highest BCUT2D eigenvalue weighted by atomic mass is 32.1. The molecule has 2 atom stereocenters. The number of rotatable bonds is 2. The zero-order chi connectivity index (χ0) is 15.9. The van der Waals surface area contributed by atoms with Crippen molar-refractivity contribution in [3.8, 4) is 0 Å². The number of esters is 1. The lowest BCUT2D eigenvalue weighted by Crippen LogP contribution is -2.46. The van der Waals surface area contributed by atoms with E-state index < -0.39 is 12.0 Å². The van der Waals surface area contributed by atoms with Crippen molar-refractivity contribution in [3.05, 3.63) is 21.9 Å². The lowest BCUT2D eigenvalue weighted by atomic mass is 9.97. The van der Waals surface area contributed by atoms with Crippen molar-refractivity contribution in [2.24, 2.45) is 5.92 Å². The molecular weight excluding hydrogens is 304 g/mol. The lowest BCUT2D eigenvalue weighted by Gasteiger charge is -2.35. The minimum absolute atomic E-state index is 0.0267. The summed E-state index contributed by atoms with van der Waals surface area (Å²) in [4.78, 5) is 40.9. The fourth-order valence-corrected chi connectivity index (χ4v) is 4.09. The summed E-state index contributed by atoms with van der Waals surface area (Å²) >= 11 is 1.60. The van der Waals surface area contributed by atoms with Gasteiger partial charge in [0.2, 0.25) is 11.8 Å². The van der Waals surface area contributed by atoms with Crippen LogP contribution in [0.1, 0.15) is 22.9 Å². The van der Waals surface area contributed by atoms with Crippen LogP contribution in [0, 0.1) is 5.92 Å². The highest BCUT2D eigenvalue weighted by Crippen LogP contribution is 2.35. The molecule has 0 unspecified atom stereocenters. The second kappa shape index (κ2) is 5.72. The molecule has 0 aromatic carbocycles. The molecule has 7 heteroatoms. The Hall–Kier alpha value is -1.89. The number of methoxy groups -OCH3 is 1. The first-order valence-corrected chi connectivity index (χ1v) is 8.09. The van der Waals surface area contributed by atoms with Gasteiger partial charge in [-0.25, -0.2) is 4.79 Å². The summed E-state index contributed by atoms with van der Waals surface area (Å²) < 4.78 is 4.90. The minimum atomic E-state index is -0.687. The molecule has 1 aromatic rings. The van der Waals surface area contributed by atoms with Crippen LogP contribution in [0.5, 0.6) is 0 Å². The standard InChI is InChI=1S/C15H18N2O4S/c1-16-8-9(7-12(16)18)14(19)17-5-3-11-10(4-6-22-11)13(17)15(20)21-2/h4,6,9,13H,3,5,7-8H2,1-2H3/t9-,13-/m1/s1. The van der Waals surface area contributed by atoms with Gasteiger partial charge in [-0.1, -0.05) is 0 Å². The van der Waals surface area contributed by atoms with E-state index in [4.69, 9.17) is 4.74 Å². The molecule has 1 aromatic heterocycles.